The van der Waals surface area contributed by atoms with Crippen molar-refractivity contribution in [2.75, 3.05) is 18.1 Å². The van der Waals surface area contributed by atoms with Gasteiger partial charge in [-0.1, -0.05) is 0 Å². The van der Waals surface area contributed by atoms with Crippen molar-refractivity contribution in [1.29, 1.82) is 0 Å². The van der Waals surface area contributed by atoms with Gasteiger partial charge in [-0.15, -0.1) is 0 Å². The minimum atomic E-state index is -0.406. The van der Waals surface area contributed by atoms with Crippen LogP contribution in [0.15, 0.2) is 9.59 Å². The van der Waals surface area contributed by atoms with Gasteiger partial charge in [-0.25, -0.2) is 4.79 Å². The molecule has 0 unspecified atom stereocenters. The van der Waals surface area contributed by atoms with Gasteiger partial charge in [-0.2, -0.15) is 4.98 Å². The Labute approximate surface area is 121 Å². The summed E-state index contributed by atoms with van der Waals surface area (Å²) in [5.41, 5.74) is -0.147. The first-order chi connectivity index (χ1) is 9.88. The molecule has 8 nitrogen and oxygen atoms in total. The van der Waals surface area contributed by atoms with Crippen molar-refractivity contribution in [2.45, 2.75) is 26.3 Å². The lowest BCUT2D eigenvalue weighted by Gasteiger charge is -2.25. The third kappa shape index (κ3) is 2.58. The molecule has 0 bridgehead atoms. The molecule has 2 heterocycles. The summed E-state index contributed by atoms with van der Waals surface area (Å²) in [6, 6.07) is 0.151. The van der Waals surface area contributed by atoms with Gasteiger partial charge >= 0.3 is 5.69 Å². The van der Waals surface area contributed by atoms with Gasteiger partial charge < -0.3 is 15.0 Å². The molecule has 0 aliphatic heterocycles. The number of H-pyrrole nitrogens is 1. The highest BCUT2D eigenvalue weighted by atomic mass is 16.3. The third-order valence-electron chi connectivity index (χ3n) is 3.53. The van der Waals surface area contributed by atoms with Crippen LogP contribution in [-0.2, 0) is 14.1 Å². The van der Waals surface area contributed by atoms with Crippen LogP contribution in [0.3, 0.4) is 0 Å². The first-order valence-corrected chi connectivity index (χ1v) is 6.91. The van der Waals surface area contributed by atoms with E-state index >= 15 is 0 Å². The first-order valence-electron chi connectivity index (χ1n) is 6.91. The number of aryl methyl sites for hydroxylation is 1. The standard InChI is InChI=1S/C13H21N5O3/c1-8(2)18(6-5-7-19)12-14-9-10(15-12)16(3)13(21)17(4)11(9)20/h8,19H,5-7H2,1-4H3,(H,14,15). The molecule has 0 aromatic carbocycles. The maximum absolute atomic E-state index is 12.1. The molecule has 2 rings (SSSR count). The number of hydrogen-bond donors (Lipinski definition) is 2. The Morgan fingerprint density at radius 2 is 1.95 bits per heavy atom. The van der Waals surface area contributed by atoms with Crippen LogP contribution >= 0.6 is 0 Å². The van der Waals surface area contributed by atoms with E-state index in [1.54, 1.807) is 7.05 Å². The Bertz CT molecular complexity index is 755. The van der Waals surface area contributed by atoms with E-state index in [1.165, 1.54) is 11.6 Å². The van der Waals surface area contributed by atoms with Gasteiger partial charge in [-0.05, 0) is 20.3 Å². The second-order valence-corrected chi connectivity index (χ2v) is 5.33. The molecule has 0 spiro atoms. The van der Waals surface area contributed by atoms with Crippen LogP contribution in [0.1, 0.15) is 20.3 Å². The lowest BCUT2D eigenvalue weighted by atomic mass is 10.3. The molecular formula is C13H21N5O3. The van der Waals surface area contributed by atoms with Crippen LogP contribution < -0.4 is 16.1 Å². The van der Waals surface area contributed by atoms with E-state index in [1.807, 2.05) is 18.7 Å². The molecule has 0 saturated heterocycles. The highest BCUT2D eigenvalue weighted by molar-refractivity contribution is 5.73. The van der Waals surface area contributed by atoms with Crippen molar-refractivity contribution in [3.63, 3.8) is 0 Å². The van der Waals surface area contributed by atoms with E-state index in [0.29, 0.717) is 30.1 Å². The summed E-state index contributed by atoms with van der Waals surface area (Å²) in [5, 5.41) is 8.99. The summed E-state index contributed by atoms with van der Waals surface area (Å²) in [6.45, 7) is 4.70. The first kappa shape index (κ1) is 15.3. The molecule has 8 heteroatoms. The largest absolute Gasteiger partial charge is 0.396 e. The molecule has 0 fully saturated rings. The van der Waals surface area contributed by atoms with Gasteiger partial charge in [0.05, 0.1) is 0 Å². The number of rotatable bonds is 5. The maximum Gasteiger partial charge on any atom is 0.332 e. The van der Waals surface area contributed by atoms with E-state index < -0.39 is 11.2 Å². The molecule has 2 aromatic rings. The molecule has 116 valence electrons. The number of aromatic nitrogens is 4. The Balaban J connectivity index is 2.62. The number of anilines is 1. The second-order valence-electron chi connectivity index (χ2n) is 5.33. The summed E-state index contributed by atoms with van der Waals surface area (Å²) < 4.78 is 2.40. The van der Waals surface area contributed by atoms with Crippen LogP contribution in [0, 0.1) is 0 Å². The molecule has 2 aromatic heterocycles. The topological polar surface area (TPSA) is 96.2 Å². The fraction of sp³-hybridized carbons (Fsp3) is 0.615. The highest BCUT2D eigenvalue weighted by Crippen LogP contribution is 2.16. The summed E-state index contributed by atoms with van der Waals surface area (Å²) in [4.78, 5) is 33.4. The Morgan fingerprint density at radius 1 is 1.29 bits per heavy atom. The molecular weight excluding hydrogens is 274 g/mol. The molecule has 0 atom stereocenters. The fourth-order valence-electron chi connectivity index (χ4n) is 2.30. The van der Waals surface area contributed by atoms with Gasteiger partial charge in [-0.3, -0.25) is 13.9 Å². The molecule has 0 amide bonds. The van der Waals surface area contributed by atoms with Crippen molar-refractivity contribution in [2.24, 2.45) is 14.1 Å². The van der Waals surface area contributed by atoms with Crippen LogP contribution in [0.2, 0.25) is 0 Å². The molecule has 0 saturated carbocycles. The SMILES string of the molecule is CC(C)N(CCCO)c1nc2c([nH]1)c(=O)n(C)c(=O)n2C. The minimum Gasteiger partial charge on any atom is -0.396 e. The number of aliphatic hydroxyl groups excluding tert-OH is 1. The van der Waals surface area contributed by atoms with Crippen molar-refractivity contribution in [3.05, 3.63) is 20.8 Å². The number of aliphatic hydroxyl groups is 1. The van der Waals surface area contributed by atoms with Gasteiger partial charge in [0.25, 0.3) is 5.56 Å². The van der Waals surface area contributed by atoms with Crippen molar-refractivity contribution in [3.8, 4) is 0 Å². The summed E-state index contributed by atoms with van der Waals surface area (Å²) in [5.74, 6) is 0.534. The average molecular weight is 295 g/mol. The van der Waals surface area contributed by atoms with E-state index in [9.17, 15) is 9.59 Å². The lowest BCUT2D eigenvalue weighted by Crippen LogP contribution is -2.36. The number of nitrogens with one attached hydrogen (secondary N) is 1. The number of aromatic amines is 1. The van der Waals surface area contributed by atoms with Crippen LogP contribution in [-0.4, -0.2) is 43.4 Å². The van der Waals surface area contributed by atoms with Gasteiger partial charge in [0.2, 0.25) is 5.95 Å². The predicted molar refractivity (Wildman–Crippen MR) is 80.8 cm³/mol. The van der Waals surface area contributed by atoms with E-state index in [4.69, 9.17) is 5.11 Å². The van der Waals surface area contributed by atoms with Crippen LogP contribution in [0.4, 0.5) is 5.95 Å². The summed E-state index contributed by atoms with van der Waals surface area (Å²) in [7, 11) is 3.03. The Kier molecular flexibility index (Phi) is 4.17. The number of fused-ring (bicyclic) bond motifs is 1. The fourth-order valence-corrected chi connectivity index (χ4v) is 2.30. The quantitative estimate of drug-likeness (QED) is 0.779. The summed E-state index contributed by atoms with van der Waals surface area (Å²) in [6.07, 6.45) is 0.603. The Hall–Kier alpha value is -2.09. The third-order valence-corrected chi connectivity index (χ3v) is 3.53. The molecule has 0 radical (unpaired) electrons. The van der Waals surface area contributed by atoms with Crippen molar-refractivity contribution < 1.29 is 5.11 Å². The maximum atomic E-state index is 12.1. The average Bonchev–Trinajstić information content (AvgIpc) is 2.88. The van der Waals surface area contributed by atoms with Crippen molar-refractivity contribution in [1.82, 2.24) is 19.1 Å². The minimum absolute atomic E-state index is 0.0870. The molecule has 0 aliphatic carbocycles. The lowest BCUT2D eigenvalue weighted by molar-refractivity contribution is 0.288. The smallest absolute Gasteiger partial charge is 0.332 e. The normalized spacial score (nSPS) is 11.5. The monoisotopic (exact) mass is 295 g/mol. The van der Waals surface area contributed by atoms with Gasteiger partial charge in [0.15, 0.2) is 11.2 Å². The van der Waals surface area contributed by atoms with Gasteiger partial charge in [0.1, 0.15) is 0 Å². The number of nitrogens with zero attached hydrogens (tertiary/aromatic N) is 4. The Morgan fingerprint density at radius 3 is 2.52 bits per heavy atom. The van der Waals surface area contributed by atoms with Crippen molar-refractivity contribution >= 4 is 17.1 Å². The zero-order valence-electron chi connectivity index (χ0n) is 12.8. The van der Waals surface area contributed by atoms with E-state index in [-0.39, 0.29) is 12.6 Å². The predicted octanol–water partition coefficient (Wildman–Crippen LogP) is -0.442. The second kappa shape index (κ2) is 5.72. The molecule has 2 N–H and O–H groups in total. The number of hydrogen-bond acceptors (Lipinski definition) is 5. The number of imidazole rings is 1. The summed E-state index contributed by atoms with van der Waals surface area (Å²) >= 11 is 0. The van der Waals surface area contributed by atoms with E-state index in [0.717, 1.165) is 4.57 Å². The molecule has 21 heavy (non-hydrogen) atoms. The zero-order chi connectivity index (χ0) is 15.7. The highest BCUT2D eigenvalue weighted by Gasteiger charge is 2.18. The van der Waals surface area contributed by atoms with Gasteiger partial charge in [0, 0.05) is 33.3 Å². The zero-order valence-corrected chi connectivity index (χ0v) is 12.8. The van der Waals surface area contributed by atoms with Crippen LogP contribution in [0.5, 0.6) is 0 Å². The molecule has 0 aliphatic rings. The van der Waals surface area contributed by atoms with Crippen LogP contribution in [0.25, 0.3) is 11.2 Å². The van der Waals surface area contributed by atoms with E-state index in [2.05, 4.69) is 9.97 Å².